The largest absolute Gasteiger partial charge is 0.868 e. The Labute approximate surface area is 198 Å². The molecule has 5 rings (SSSR count). The molecule has 1 atom stereocenters. The number of benzene rings is 2. The zero-order chi connectivity index (χ0) is 23.7. The minimum absolute atomic E-state index is 0.0355. The summed E-state index contributed by atoms with van der Waals surface area (Å²) < 4.78 is 11.2. The Morgan fingerprint density at radius 1 is 1.12 bits per heavy atom. The van der Waals surface area contributed by atoms with Gasteiger partial charge in [-0.2, -0.15) is 0 Å². The number of amides is 1. The van der Waals surface area contributed by atoms with Crippen LogP contribution in [-0.4, -0.2) is 56.0 Å². The van der Waals surface area contributed by atoms with Crippen molar-refractivity contribution in [3.05, 3.63) is 82.8 Å². The van der Waals surface area contributed by atoms with Gasteiger partial charge in [0.15, 0.2) is 5.76 Å². The molecule has 0 bridgehead atoms. The van der Waals surface area contributed by atoms with Crippen LogP contribution in [0.15, 0.2) is 70.3 Å². The number of fused-ring (bicyclic) bond motifs is 1. The van der Waals surface area contributed by atoms with E-state index in [2.05, 4.69) is 0 Å². The summed E-state index contributed by atoms with van der Waals surface area (Å²) in [7, 11) is 0. The van der Waals surface area contributed by atoms with E-state index in [1.165, 1.54) is 4.90 Å². The first-order valence-corrected chi connectivity index (χ1v) is 11.8. The molecule has 0 saturated carbocycles. The number of Topliss-reactive ketones (excluding diaryl/α,β-unsaturated/α-hetero) is 1. The van der Waals surface area contributed by atoms with Crippen LogP contribution in [-0.2, 0) is 9.53 Å². The quantitative estimate of drug-likeness (QED) is 0.539. The van der Waals surface area contributed by atoms with Gasteiger partial charge < -0.3 is 24.1 Å². The second-order valence-corrected chi connectivity index (χ2v) is 9.00. The molecular weight excluding hydrogens is 432 g/mol. The lowest BCUT2D eigenvalue weighted by Crippen LogP contribution is -3.14. The number of ether oxygens (including phenoxy) is 1. The van der Waals surface area contributed by atoms with Crippen molar-refractivity contribution < 1.29 is 28.7 Å². The minimum atomic E-state index is -0.741. The summed E-state index contributed by atoms with van der Waals surface area (Å²) >= 11 is 0. The van der Waals surface area contributed by atoms with Gasteiger partial charge in [0, 0.05) is 23.9 Å². The summed E-state index contributed by atoms with van der Waals surface area (Å²) in [4.78, 5) is 29.6. The lowest BCUT2D eigenvalue weighted by Gasteiger charge is -2.29. The summed E-state index contributed by atoms with van der Waals surface area (Å²) in [5, 5.41) is 13.9. The average molecular weight is 461 g/mol. The number of nitrogens with one attached hydrogen (secondary N) is 1. The highest BCUT2D eigenvalue weighted by molar-refractivity contribution is 6.15. The SMILES string of the molecule is Cc1ccc(C2C(C(=O)c3cc4ccccc4o3)=C([O-])C(=O)N2CCC[NH+]2CCOCC2)cc1. The molecule has 2 aliphatic heterocycles. The summed E-state index contributed by atoms with van der Waals surface area (Å²) in [5.41, 5.74) is 2.35. The van der Waals surface area contributed by atoms with Crippen LogP contribution in [0, 0.1) is 6.92 Å². The number of para-hydroxylation sites is 1. The third-order valence-corrected chi connectivity index (χ3v) is 6.70. The number of hydrogen-bond acceptors (Lipinski definition) is 5. The molecule has 3 aromatic rings. The monoisotopic (exact) mass is 460 g/mol. The lowest BCUT2D eigenvalue weighted by atomic mass is 9.94. The second kappa shape index (κ2) is 9.44. The fourth-order valence-electron chi connectivity index (χ4n) is 4.83. The first kappa shape index (κ1) is 22.4. The lowest BCUT2D eigenvalue weighted by molar-refractivity contribution is -0.908. The van der Waals surface area contributed by atoms with Crippen LogP contribution >= 0.6 is 0 Å². The normalized spacial score (nSPS) is 19.4. The molecule has 2 aliphatic rings. The van der Waals surface area contributed by atoms with Gasteiger partial charge in [0.1, 0.15) is 18.7 Å². The van der Waals surface area contributed by atoms with Gasteiger partial charge in [-0.25, -0.2) is 0 Å². The maximum Gasteiger partial charge on any atom is 0.239 e. The molecule has 0 aliphatic carbocycles. The molecule has 1 fully saturated rings. The maximum absolute atomic E-state index is 13.5. The molecule has 0 radical (unpaired) electrons. The van der Waals surface area contributed by atoms with E-state index in [9.17, 15) is 14.7 Å². The Morgan fingerprint density at radius 2 is 1.85 bits per heavy atom. The number of morpholine rings is 1. The molecule has 1 amide bonds. The van der Waals surface area contributed by atoms with Crippen molar-refractivity contribution in [2.45, 2.75) is 19.4 Å². The van der Waals surface area contributed by atoms with E-state index in [0.29, 0.717) is 12.1 Å². The van der Waals surface area contributed by atoms with Gasteiger partial charge in [0.2, 0.25) is 11.7 Å². The molecular formula is C27H28N2O5. The van der Waals surface area contributed by atoms with Crippen molar-refractivity contribution >= 4 is 22.7 Å². The predicted molar refractivity (Wildman–Crippen MR) is 124 cm³/mol. The summed E-state index contributed by atoms with van der Waals surface area (Å²) in [6.07, 6.45) is 0.739. The fourth-order valence-corrected chi connectivity index (χ4v) is 4.83. The van der Waals surface area contributed by atoms with Crippen LogP contribution in [0.4, 0.5) is 0 Å². The zero-order valence-corrected chi connectivity index (χ0v) is 19.2. The van der Waals surface area contributed by atoms with E-state index in [1.54, 1.807) is 17.0 Å². The summed E-state index contributed by atoms with van der Waals surface area (Å²) in [6.45, 7) is 6.63. The van der Waals surface area contributed by atoms with Crippen molar-refractivity contribution in [2.75, 3.05) is 39.4 Å². The summed E-state index contributed by atoms with van der Waals surface area (Å²) in [5.74, 6) is -1.81. The van der Waals surface area contributed by atoms with Gasteiger partial charge in [0.05, 0.1) is 25.8 Å². The van der Waals surface area contributed by atoms with E-state index in [1.807, 2.05) is 49.4 Å². The van der Waals surface area contributed by atoms with Gasteiger partial charge in [-0.3, -0.25) is 9.59 Å². The number of nitrogens with zero attached hydrogens (tertiary/aromatic N) is 1. The third-order valence-electron chi connectivity index (χ3n) is 6.70. The van der Waals surface area contributed by atoms with E-state index in [0.717, 1.165) is 55.8 Å². The highest BCUT2D eigenvalue weighted by Gasteiger charge is 2.40. The third kappa shape index (κ3) is 4.24. The van der Waals surface area contributed by atoms with Gasteiger partial charge in [0.25, 0.3) is 0 Å². The smallest absolute Gasteiger partial charge is 0.239 e. The van der Waals surface area contributed by atoms with Crippen molar-refractivity contribution in [1.82, 2.24) is 4.90 Å². The van der Waals surface area contributed by atoms with Crippen LogP contribution < -0.4 is 10.0 Å². The molecule has 1 N–H and O–H groups in total. The highest BCUT2D eigenvalue weighted by atomic mass is 16.5. The number of quaternary nitrogens is 1. The number of carbonyl (C=O) groups is 2. The second-order valence-electron chi connectivity index (χ2n) is 9.00. The molecule has 2 aromatic carbocycles. The van der Waals surface area contributed by atoms with E-state index in [4.69, 9.17) is 9.15 Å². The van der Waals surface area contributed by atoms with Crippen molar-refractivity contribution in [3.63, 3.8) is 0 Å². The van der Waals surface area contributed by atoms with Crippen LogP contribution in [0.1, 0.15) is 34.1 Å². The minimum Gasteiger partial charge on any atom is -0.868 e. The Morgan fingerprint density at radius 3 is 2.59 bits per heavy atom. The molecule has 1 saturated heterocycles. The maximum atomic E-state index is 13.5. The first-order valence-electron chi connectivity index (χ1n) is 11.8. The van der Waals surface area contributed by atoms with Crippen LogP contribution in [0.3, 0.4) is 0 Å². The van der Waals surface area contributed by atoms with Gasteiger partial charge >= 0.3 is 0 Å². The molecule has 3 heterocycles. The predicted octanol–water partition coefficient (Wildman–Crippen LogP) is 1.43. The van der Waals surface area contributed by atoms with Gasteiger partial charge in [-0.05, 0) is 30.4 Å². The molecule has 34 heavy (non-hydrogen) atoms. The summed E-state index contributed by atoms with van der Waals surface area (Å²) in [6, 6.07) is 15.9. The number of carbonyl (C=O) groups excluding carboxylic acids is 2. The number of furan rings is 1. The molecule has 1 unspecified atom stereocenters. The van der Waals surface area contributed by atoms with E-state index < -0.39 is 23.5 Å². The Bertz CT molecular complexity index is 1200. The zero-order valence-electron chi connectivity index (χ0n) is 19.2. The highest BCUT2D eigenvalue weighted by Crippen LogP contribution is 2.38. The van der Waals surface area contributed by atoms with Crippen molar-refractivity contribution in [2.24, 2.45) is 0 Å². The van der Waals surface area contributed by atoms with Crippen LogP contribution in [0.25, 0.3) is 11.0 Å². The Hall–Kier alpha value is -3.42. The van der Waals surface area contributed by atoms with E-state index >= 15 is 0 Å². The molecule has 1 aromatic heterocycles. The first-order chi connectivity index (χ1) is 16.5. The van der Waals surface area contributed by atoms with Crippen LogP contribution in [0.5, 0.6) is 0 Å². The standard InChI is InChI=1S/C27H28N2O5/c1-18-7-9-19(10-8-18)24-23(25(30)22-17-20-5-2-3-6-21(20)34-22)26(31)27(32)29(24)12-4-11-28-13-15-33-16-14-28/h2-3,5-10,17,24,31H,4,11-16H2,1H3. The number of aryl methyl sites for hydroxylation is 1. The Balaban J connectivity index is 1.45. The molecule has 0 spiro atoms. The Kier molecular flexibility index (Phi) is 6.22. The average Bonchev–Trinajstić information content (AvgIpc) is 3.40. The van der Waals surface area contributed by atoms with E-state index in [-0.39, 0.29) is 11.3 Å². The fraction of sp³-hybridized carbons (Fsp3) is 0.333. The number of hydrogen-bond donors (Lipinski definition) is 1. The van der Waals surface area contributed by atoms with Crippen molar-refractivity contribution in [1.29, 1.82) is 0 Å². The molecule has 176 valence electrons. The topological polar surface area (TPSA) is 87.2 Å². The number of rotatable bonds is 7. The molecule has 7 nitrogen and oxygen atoms in total. The molecule has 7 heteroatoms. The van der Waals surface area contributed by atoms with Gasteiger partial charge in [-0.15, -0.1) is 0 Å². The van der Waals surface area contributed by atoms with Crippen LogP contribution in [0.2, 0.25) is 0 Å². The van der Waals surface area contributed by atoms with Gasteiger partial charge in [-0.1, -0.05) is 48.0 Å². The van der Waals surface area contributed by atoms with Crippen molar-refractivity contribution in [3.8, 4) is 0 Å². The number of ketones is 1.